The van der Waals surface area contributed by atoms with E-state index in [1.165, 1.54) is 30.6 Å². The highest BCUT2D eigenvalue weighted by Gasteiger charge is 2.13. The summed E-state index contributed by atoms with van der Waals surface area (Å²) in [5.74, 6) is 0.191. The number of thioether (sulfide) groups is 1. The molecule has 0 saturated carbocycles. The molecule has 0 aliphatic carbocycles. The van der Waals surface area contributed by atoms with Crippen molar-refractivity contribution in [3.05, 3.63) is 83.4 Å². The van der Waals surface area contributed by atoms with Crippen LogP contribution in [0.15, 0.2) is 77.0 Å². The van der Waals surface area contributed by atoms with Gasteiger partial charge in [-0.1, -0.05) is 59.8 Å². The molecular formula is C25H24N4O3S. The quantitative estimate of drug-likeness (QED) is 0.232. The first kappa shape index (κ1) is 22.4. The number of nitrogens with zero attached hydrogens (tertiary/aromatic N) is 3. The minimum absolute atomic E-state index is 0.0304. The third-order valence-corrected chi connectivity index (χ3v) is 6.03. The molecule has 4 rings (SSSR count). The molecule has 0 aliphatic rings. The zero-order valence-corrected chi connectivity index (χ0v) is 19.2. The fourth-order valence-electron chi connectivity index (χ4n) is 3.34. The Labute approximate surface area is 196 Å². The summed E-state index contributed by atoms with van der Waals surface area (Å²) >= 11 is 1.36. The summed E-state index contributed by atoms with van der Waals surface area (Å²) in [6.07, 6.45) is 1.38. The van der Waals surface area contributed by atoms with Gasteiger partial charge in [-0.3, -0.25) is 4.79 Å². The summed E-state index contributed by atoms with van der Waals surface area (Å²) in [6, 6.07) is 21.4. The van der Waals surface area contributed by atoms with Crippen molar-refractivity contribution >= 4 is 34.9 Å². The Morgan fingerprint density at radius 1 is 1.15 bits per heavy atom. The average molecular weight is 461 g/mol. The highest BCUT2D eigenvalue weighted by atomic mass is 32.2. The van der Waals surface area contributed by atoms with Crippen LogP contribution in [0.5, 0.6) is 11.5 Å². The molecule has 0 bridgehead atoms. The summed E-state index contributed by atoms with van der Waals surface area (Å²) in [6.45, 7) is 2.73. The lowest BCUT2D eigenvalue weighted by atomic mass is 10.1. The maximum Gasteiger partial charge on any atom is 0.250 e. The van der Waals surface area contributed by atoms with Crippen molar-refractivity contribution in [2.45, 2.75) is 18.6 Å². The van der Waals surface area contributed by atoms with Gasteiger partial charge in [0.15, 0.2) is 16.7 Å². The molecule has 7 nitrogen and oxygen atoms in total. The SMILES string of the molecule is COc1cccc(/C=N/NC(=O)CSc2nc3ccccc3n2Cc2ccc(C)cc2)c1O. The van der Waals surface area contributed by atoms with E-state index in [0.717, 1.165) is 21.8 Å². The fourth-order valence-corrected chi connectivity index (χ4v) is 4.14. The van der Waals surface area contributed by atoms with Crippen LogP contribution in [0.3, 0.4) is 0 Å². The van der Waals surface area contributed by atoms with Crippen LogP contribution in [0, 0.1) is 6.92 Å². The van der Waals surface area contributed by atoms with Gasteiger partial charge >= 0.3 is 0 Å². The Kier molecular flexibility index (Phi) is 6.95. The number of benzene rings is 3. The molecule has 1 aromatic heterocycles. The van der Waals surface area contributed by atoms with Crippen molar-refractivity contribution < 1.29 is 14.6 Å². The molecule has 0 unspecified atom stereocenters. The summed E-state index contributed by atoms with van der Waals surface area (Å²) in [4.78, 5) is 17.1. The van der Waals surface area contributed by atoms with E-state index in [-0.39, 0.29) is 17.4 Å². The Morgan fingerprint density at radius 2 is 1.94 bits per heavy atom. The molecule has 0 aliphatic heterocycles. The van der Waals surface area contributed by atoms with Gasteiger partial charge < -0.3 is 14.4 Å². The van der Waals surface area contributed by atoms with Gasteiger partial charge in [-0.15, -0.1) is 0 Å². The van der Waals surface area contributed by atoms with Gasteiger partial charge in [0.25, 0.3) is 5.91 Å². The predicted octanol–water partition coefficient (Wildman–Crippen LogP) is 4.35. The zero-order valence-electron chi connectivity index (χ0n) is 18.4. The number of carbonyl (C=O) groups is 1. The van der Waals surface area contributed by atoms with Crippen LogP contribution in [0.1, 0.15) is 16.7 Å². The van der Waals surface area contributed by atoms with Gasteiger partial charge in [0, 0.05) is 5.56 Å². The van der Waals surface area contributed by atoms with E-state index in [0.29, 0.717) is 17.9 Å². The van der Waals surface area contributed by atoms with Gasteiger partial charge in [0.1, 0.15) is 0 Å². The monoisotopic (exact) mass is 460 g/mol. The number of hydrazone groups is 1. The number of para-hydroxylation sites is 3. The third-order valence-electron chi connectivity index (χ3n) is 5.06. The van der Waals surface area contributed by atoms with Crippen molar-refractivity contribution in [1.29, 1.82) is 0 Å². The fraction of sp³-hybridized carbons (Fsp3) is 0.160. The van der Waals surface area contributed by atoms with Crippen molar-refractivity contribution in [1.82, 2.24) is 15.0 Å². The average Bonchev–Trinajstić information content (AvgIpc) is 3.17. The van der Waals surface area contributed by atoms with E-state index in [9.17, 15) is 9.90 Å². The molecule has 0 radical (unpaired) electrons. The number of hydrogen-bond donors (Lipinski definition) is 2. The Hall–Kier alpha value is -3.78. The van der Waals surface area contributed by atoms with Crippen molar-refractivity contribution in [3.8, 4) is 11.5 Å². The minimum atomic E-state index is -0.271. The maximum absolute atomic E-state index is 12.4. The lowest BCUT2D eigenvalue weighted by molar-refractivity contribution is -0.118. The summed E-state index contributed by atoms with van der Waals surface area (Å²) in [5.41, 5.74) is 7.23. The number of imidazole rings is 1. The summed E-state index contributed by atoms with van der Waals surface area (Å²) in [5, 5.41) is 14.8. The molecule has 3 aromatic carbocycles. The number of phenols is 1. The number of rotatable bonds is 8. The first-order valence-electron chi connectivity index (χ1n) is 10.4. The second kappa shape index (κ2) is 10.2. The molecule has 0 fully saturated rings. The largest absolute Gasteiger partial charge is 0.504 e. The van der Waals surface area contributed by atoms with Crippen LogP contribution in [0.25, 0.3) is 11.0 Å². The maximum atomic E-state index is 12.4. The Balaban J connectivity index is 1.44. The molecule has 0 atom stereocenters. The second-order valence-corrected chi connectivity index (χ2v) is 8.38. The minimum Gasteiger partial charge on any atom is -0.504 e. The van der Waals surface area contributed by atoms with Crippen LogP contribution < -0.4 is 10.2 Å². The molecule has 8 heteroatoms. The Bertz CT molecular complexity index is 1300. The number of aromatic nitrogens is 2. The van der Waals surface area contributed by atoms with Gasteiger partial charge in [0.2, 0.25) is 0 Å². The number of aryl methyl sites for hydroxylation is 1. The topological polar surface area (TPSA) is 88.7 Å². The lowest BCUT2D eigenvalue weighted by Crippen LogP contribution is -2.20. The first-order valence-corrected chi connectivity index (χ1v) is 11.3. The number of fused-ring (bicyclic) bond motifs is 1. The second-order valence-electron chi connectivity index (χ2n) is 7.43. The van der Waals surface area contributed by atoms with Crippen LogP contribution in [0.4, 0.5) is 0 Å². The van der Waals surface area contributed by atoms with Gasteiger partial charge in [-0.25, -0.2) is 10.4 Å². The third kappa shape index (κ3) is 5.35. The molecule has 168 valence electrons. The van der Waals surface area contributed by atoms with Crippen LogP contribution >= 0.6 is 11.8 Å². The van der Waals surface area contributed by atoms with E-state index < -0.39 is 0 Å². The van der Waals surface area contributed by atoms with Crippen LogP contribution in [0.2, 0.25) is 0 Å². The molecule has 0 saturated heterocycles. The summed E-state index contributed by atoms with van der Waals surface area (Å²) < 4.78 is 7.19. The normalized spacial score (nSPS) is 11.2. The molecule has 1 amide bonds. The lowest BCUT2D eigenvalue weighted by Gasteiger charge is -2.09. The predicted molar refractivity (Wildman–Crippen MR) is 131 cm³/mol. The van der Waals surface area contributed by atoms with E-state index in [1.54, 1.807) is 18.2 Å². The number of carbonyl (C=O) groups excluding carboxylic acids is 1. The van der Waals surface area contributed by atoms with E-state index in [4.69, 9.17) is 9.72 Å². The number of aromatic hydroxyl groups is 1. The van der Waals surface area contributed by atoms with Gasteiger partial charge in [-0.2, -0.15) is 5.10 Å². The number of hydrogen-bond acceptors (Lipinski definition) is 6. The van der Waals surface area contributed by atoms with Crippen molar-refractivity contribution in [2.75, 3.05) is 12.9 Å². The van der Waals surface area contributed by atoms with Gasteiger partial charge in [-0.05, 0) is 36.8 Å². The van der Waals surface area contributed by atoms with Gasteiger partial charge in [0.05, 0.1) is 36.7 Å². The smallest absolute Gasteiger partial charge is 0.250 e. The van der Waals surface area contributed by atoms with E-state index >= 15 is 0 Å². The van der Waals surface area contributed by atoms with Crippen molar-refractivity contribution in [2.24, 2.45) is 5.10 Å². The van der Waals surface area contributed by atoms with Crippen LogP contribution in [-0.4, -0.2) is 39.6 Å². The molecule has 1 heterocycles. The number of ether oxygens (including phenoxy) is 1. The van der Waals surface area contributed by atoms with Crippen molar-refractivity contribution in [3.63, 3.8) is 0 Å². The molecule has 0 spiro atoms. The molecule has 4 aromatic rings. The van der Waals surface area contributed by atoms with E-state index in [2.05, 4.69) is 46.3 Å². The van der Waals surface area contributed by atoms with Crippen LogP contribution in [-0.2, 0) is 11.3 Å². The number of amides is 1. The van der Waals surface area contributed by atoms with E-state index in [1.807, 2.05) is 24.3 Å². The molecular weight excluding hydrogens is 436 g/mol. The zero-order chi connectivity index (χ0) is 23.2. The Morgan fingerprint density at radius 3 is 2.73 bits per heavy atom. The number of nitrogens with one attached hydrogen (secondary N) is 1. The first-order chi connectivity index (χ1) is 16.0. The molecule has 33 heavy (non-hydrogen) atoms. The highest BCUT2D eigenvalue weighted by Crippen LogP contribution is 2.28. The number of phenolic OH excluding ortho intramolecular Hbond substituents is 1. The number of methoxy groups -OCH3 is 1. The highest BCUT2D eigenvalue weighted by molar-refractivity contribution is 7.99. The standard InChI is InChI=1S/C25H24N4O3S/c1-17-10-12-18(13-11-17)15-29-21-8-4-3-7-20(21)27-25(29)33-16-23(30)28-26-14-19-6-5-9-22(32-2)24(19)31/h3-14,31H,15-16H2,1-2H3,(H,28,30)/b26-14+. The summed E-state index contributed by atoms with van der Waals surface area (Å²) in [7, 11) is 1.47. The molecule has 2 N–H and O–H groups in total.